The van der Waals surface area contributed by atoms with Crippen molar-refractivity contribution in [2.75, 3.05) is 11.9 Å². The van der Waals surface area contributed by atoms with Gasteiger partial charge in [-0.05, 0) is 66.3 Å². The van der Waals surface area contributed by atoms with Gasteiger partial charge < -0.3 is 20.3 Å². The van der Waals surface area contributed by atoms with E-state index < -0.39 is 23.5 Å². The molecule has 2 amide bonds. The molecule has 0 aliphatic carbocycles. The lowest BCUT2D eigenvalue weighted by Gasteiger charge is -2.24. The van der Waals surface area contributed by atoms with Crippen molar-refractivity contribution >= 4 is 35.1 Å². The molecule has 3 N–H and O–H groups in total. The number of aromatic nitrogens is 1. The number of aromatic carboxylic acids is 1. The molecule has 4 rings (SSSR count). The third-order valence-electron chi connectivity index (χ3n) is 6.10. The number of hydrogen-bond donors (Lipinski definition) is 3. The van der Waals surface area contributed by atoms with Crippen molar-refractivity contribution < 1.29 is 19.5 Å². The number of fused-ring (bicyclic) bond motifs is 3. The van der Waals surface area contributed by atoms with Crippen molar-refractivity contribution in [1.82, 2.24) is 9.88 Å². The molecule has 0 fully saturated rings. The highest BCUT2D eigenvalue weighted by molar-refractivity contribution is 6.31. The maximum Gasteiger partial charge on any atom is 0.335 e. The van der Waals surface area contributed by atoms with Crippen LogP contribution in [-0.4, -0.2) is 34.0 Å². The lowest BCUT2D eigenvalue weighted by Crippen LogP contribution is -2.36. The molecule has 2 aromatic carbocycles. The number of carbonyl (C=O) groups is 3. The van der Waals surface area contributed by atoms with Crippen LogP contribution in [-0.2, 0) is 11.2 Å². The number of carboxylic acid groups (broad SMARTS) is 1. The molecule has 1 aliphatic rings. The summed E-state index contributed by atoms with van der Waals surface area (Å²) in [6.45, 7) is 4.30. The minimum absolute atomic E-state index is 0.0670. The summed E-state index contributed by atoms with van der Waals surface area (Å²) >= 11 is 6.23. The predicted molar refractivity (Wildman–Crippen MR) is 138 cm³/mol. The first-order valence-corrected chi connectivity index (χ1v) is 12.0. The van der Waals surface area contributed by atoms with Gasteiger partial charge in [-0.25, -0.2) is 4.79 Å². The van der Waals surface area contributed by atoms with E-state index in [9.17, 15) is 19.2 Å². The van der Waals surface area contributed by atoms with Crippen LogP contribution >= 0.6 is 11.6 Å². The summed E-state index contributed by atoms with van der Waals surface area (Å²) < 4.78 is 1.30. The fourth-order valence-electron chi connectivity index (χ4n) is 4.33. The standard InChI is InChI=1S/C27H26ClN3O5/c1-15(2)11-23(26(34)30-19-7-4-17(5-8-19)27(35)36)31-14-22-21(13-24(31)32)20-12-18(28)6-3-16(20)9-10-29-25(22)33/h3-8,12-15,23H,9-11H2,1-2H3,(H,29,33)(H,30,34)(H,35,36). The fourth-order valence-corrected chi connectivity index (χ4v) is 4.51. The molecule has 8 nitrogen and oxygen atoms in total. The van der Waals surface area contributed by atoms with Crippen molar-refractivity contribution in [2.45, 2.75) is 32.7 Å². The number of pyridine rings is 1. The predicted octanol–water partition coefficient (Wildman–Crippen LogP) is 4.38. The van der Waals surface area contributed by atoms with Crippen molar-refractivity contribution in [2.24, 2.45) is 5.92 Å². The number of nitrogens with one attached hydrogen (secondary N) is 2. The van der Waals surface area contributed by atoms with Gasteiger partial charge in [0.05, 0.1) is 11.1 Å². The second kappa shape index (κ2) is 10.4. The minimum atomic E-state index is -1.07. The normalized spacial score (nSPS) is 13.6. The van der Waals surface area contributed by atoms with Gasteiger partial charge in [0.15, 0.2) is 0 Å². The van der Waals surface area contributed by atoms with Crippen LogP contribution in [0.5, 0.6) is 0 Å². The number of halogens is 1. The Balaban J connectivity index is 1.77. The largest absolute Gasteiger partial charge is 0.478 e. The monoisotopic (exact) mass is 507 g/mol. The molecule has 1 aromatic heterocycles. The van der Waals surface area contributed by atoms with E-state index in [4.69, 9.17) is 16.7 Å². The number of anilines is 1. The molecule has 36 heavy (non-hydrogen) atoms. The van der Waals surface area contributed by atoms with Gasteiger partial charge in [0.2, 0.25) is 5.91 Å². The van der Waals surface area contributed by atoms with Gasteiger partial charge in [-0.15, -0.1) is 0 Å². The molecule has 0 spiro atoms. The van der Waals surface area contributed by atoms with E-state index >= 15 is 0 Å². The first kappa shape index (κ1) is 25.2. The van der Waals surface area contributed by atoms with E-state index in [0.717, 1.165) is 11.1 Å². The average Bonchev–Trinajstić information content (AvgIpc) is 2.82. The topological polar surface area (TPSA) is 118 Å². The van der Waals surface area contributed by atoms with Gasteiger partial charge >= 0.3 is 5.97 Å². The molecule has 1 atom stereocenters. The van der Waals surface area contributed by atoms with Crippen molar-refractivity contribution in [3.8, 4) is 11.1 Å². The van der Waals surface area contributed by atoms with Crippen LogP contribution in [0.3, 0.4) is 0 Å². The number of carbonyl (C=O) groups excluding carboxylic acids is 2. The number of nitrogens with zero attached hydrogens (tertiary/aromatic N) is 1. The Morgan fingerprint density at radius 2 is 1.78 bits per heavy atom. The molecule has 1 unspecified atom stereocenters. The summed E-state index contributed by atoms with van der Waals surface area (Å²) in [5, 5.41) is 15.2. The summed E-state index contributed by atoms with van der Waals surface area (Å²) in [6.07, 6.45) is 2.39. The first-order chi connectivity index (χ1) is 17.1. The molecule has 0 radical (unpaired) electrons. The number of amides is 2. The van der Waals surface area contributed by atoms with E-state index in [-0.39, 0.29) is 23.0 Å². The van der Waals surface area contributed by atoms with Crippen LogP contribution in [0.2, 0.25) is 5.02 Å². The van der Waals surface area contributed by atoms with Crippen LogP contribution in [0.15, 0.2) is 59.5 Å². The fraction of sp³-hybridized carbons (Fsp3) is 0.259. The lowest BCUT2D eigenvalue weighted by molar-refractivity contribution is -0.119. The van der Waals surface area contributed by atoms with Crippen LogP contribution in [0.4, 0.5) is 5.69 Å². The van der Waals surface area contributed by atoms with Crippen molar-refractivity contribution in [1.29, 1.82) is 0 Å². The zero-order valence-corrected chi connectivity index (χ0v) is 20.6. The summed E-state index contributed by atoms with van der Waals surface area (Å²) in [5.41, 5.74) is 2.51. The SMILES string of the molecule is CC(C)CC(C(=O)Nc1ccc(C(=O)O)cc1)n1cc2c(cc1=O)-c1cc(Cl)ccc1CCNC2=O. The minimum Gasteiger partial charge on any atom is -0.478 e. The van der Waals surface area contributed by atoms with Crippen LogP contribution in [0.1, 0.15) is 52.6 Å². The molecular formula is C27H26ClN3O5. The zero-order chi connectivity index (χ0) is 26.0. The Morgan fingerprint density at radius 1 is 1.06 bits per heavy atom. The zero-order valence-electron chi connectivity index (χ0n) is 19.9. The Labute approximate surface area is 212 Å². The van der Waals surface area contributed by atoms with E-state index in [1.807, 2.05) is 19.9 Å². The van der Waals surface area contributed by atoms with Crippen molar-refractivity contribution in [3.63, 3.8) is 0 Å². The maximum absolute atomic E-state index is 13.3. The maximum atomic E-state index is 13.3. The molecule has 0 saturated heterocycles. The number of benzene rings is 2. The van der Waals surface area contributed by atoms with Gasteiger partial charge in [-0.3, -0.25) is 14.4 Å². The quantitative estimate of drug-likeness (QED) is 0.457. The summed E-state index contributed by atoms with van der Waals surface area (Å²) in [4.78, 5) is 50.8. The Hall–Kier alpha value is -3.91. The van der Waals surface area contributed by atoms with Crippen molar-refractivity contribution in [3.05, 3.63) is 86.8 Å². The van der Waals surface area contributed by atoms with Gasteiger partial charge in [-0.1, -0.05) is 31.5 Å². The van der Waals surface area contributed by atoms with Gasteiger partial charge in [-0.2, -0.15) is 0 Å². The molecule has 0 bridgehead atoms. The third kappa shape index (κ3) is 5.33. The number of hydrogen-bond acceptors (Lipinski definition) is 4. The van der Waals surface area contributed by atoms with E-state index in [2.05, 4.69) is 10.6 Å². The van der Waals surface area contributed by atoms with Gasteiger partial charge in [0, 0.05) is 35.1 Å². The first-order valence-electron chi connectivity index (χ1n) is 11.6. The third-order valence-corrected chi connectivity index (χ3v) is 6.33. The second-order valence-corrected chi connectivity index (χ2v) is 9.61. The summed E-state index contributed by atoms with van der Waals surface area (Å²) in [5.74, 6) is -1.78. The number of rotatable bonds is 6. The lowest BCUT2D eigenvalue weighted by atomic mass is 9.92. The average molecular weight is 508 g/mol. The van der Waals surface area contributed by atoms with Crippen LogP contribution in [0.25, 0.3) is 11.1 Å². The van der Waals surface area contributed by atoms with Crippen LogP contribution in [0, 0.1) is 5.92 Å². The highest BCUT2D eigenvalue weighted by atomic mass is 35.5. The van der Waals surface area contributed by atoms with Gasteiger partial charge in [0.25, 0.3) is 11.5 Å². The second-order valence-electron chi connectivity index (χ2n) is 9.17. The molecule has 1 aliphatic heterocycles. The molecule has 186 valence electrons. The Morgan fingerprint density at radius 3 is 2.44 bits per heavy atom. The summed E-state index contributed by atoms with van der Waals surface area (Å²) in [6, 6.07) is 11.7. The highest BCUT2D eigenvalue weighted by Gasteiger charge is 2.27. The Kier molecular flexibility index (Phi) is 7.26. The molecule has 2 heterocycles. The molecular weight excluding hydrogens is 482 g/mol. The van der Waals surface area contributed by atoms with E-state index in [0.29, 0.717) is 35.7 Å². The van der Waals surface area contributed by atoms with Crippen LogP contribution < -0.4 is 16.2 Å². The smallest absolute Gasteiger partial charge is 0.335 e. The molecule has 3 aromatic rings. The van der Waals surface area contributed by atoms with E-state index in [1.165, 1.54) is 41.1 Å². The van der Waals surface area contributed by atoms with Gasteiger partial charge in [0.1, 0.15) is 6.04 Å². The molecule has 0 saturated carbocycles. The highest BCUT2D eigenvalue weighted by Crippen LogP contribution is 2.31. The summed E-state index contributed by atoms with van der Waals surface area (Å²) in [7, 11) is 0. The molecule has 9 heteroatoms. The Bertz CT molecular complexity index is 1400. The van der Waals surface area contributed by atoms with E-state index in [1.54, 1.807) is 12.1 Å². The number of carboxylic acids is 1.